The number of hydrogen-bond acceptors (Lipinski definition) is 4. The van der Waals surface area contributed by atoms with Crippen LogP contribution in [-0.2, 0) is 4.79 Å². The predicted molar refractivity (Wildman–Crippen MR) is 88.1 cm³/mol. The van der Waals surface area contributed by atoms with E-state index in [4.69, 9.17) is 16.3 Å². The minimum absolute atomic E-state index is 0.0969. The van der Waals surface area contributed by atoms with E-state index in [0.717, 1.165) is 11.1 Å². The van der Waals surface area contributed by atoms with Crippen molar-refractivity contribution >= 4 is 28.9 Å². The lowest BCUT2D eigenvalue weighted by molar-refractivity contribution is -0.384. The van der Waals surface area contributed by atoms with Gasteiger partial charge in [0.25, 0.3) is 11.6 Å². The molecule has 0 unspecified atom stereocenters. The fourth-order valence-electron chi connectivity index (χ4n) is 2.07. The molecule has 0 aromatic heterocycles. The number of para-hydroxylation sites is 1. The Labute approximate surface area is 138 Å². The number of nitrogens with one attached hydrogen (secondary N) is 1. The maximum atomic E-state index is 12.0. The highest BCUT2D eigenvalue weighted by atomic mass is 35.5. The smallest absolute Gasteiger partial charge is 0.271 e. The number of nitrogens with zero attached hydrogens (tertiary/aromatic N) is 1. The van der Waals surface area contributed by atoms with Gasteiger partial charge in [-0.25, -0.2) is 0 Å². The van der Waals surface area contributed by atoms with Crippen LogP contribution in [0.25, 0.3) is 0 Å². The molecule has 7 heteroatoms. The van der Waals surface area contributed by atoms with E-state index in [0.29, 0.717) is 11.4 Å². The van der Waals surface area contributed by atoms with E-state index in [2.05, 4.69) is 5.32 Å². The fraction of sp³-hybridized carbons (Fsp3) is 0.188. The van der Waals surface area contributed by atoms with Crippen molar-refractivity contribution in [2.45, 2.75) is 13.8 Å². The van der Waals surface area contributed by atoms with Crippen molar-refractivity contribution in [2.75, 3.05) is 11.9 Å². The zero-order valence-electron chi connectivity index (χ0n) is 12.6. The van der Waals surface area contributed by atoms with Crippen LogP contribution < -0.4 is 10.1 Å². The average molecular weight is 335 g/mol. The van der Waals surface area contributed by atoms with Gasteiger partial charge in [0.15, 0.2) is 6.61 Å². The number of nitro benzene ring substituents is 1. The number of aryl methyl sites for hydroxylation is 2. The lowest BCUT2D eigenvalue weighted by Crippen LogP contribution is -2.20. The van der Waals surface area contributed by atoms with Crippen LogP contribution in [0.1, 0.15) is 11.1 Å². The summed E-state index contributed by atoms with van der Waals surface area (Å²) in [7, 11) is 0. The SMILES string of the molecule is Cc1cccc(C)c1OCC(=O)Nc1ccc([N+](=O)[O-])cc1Cl. The average Bonchev–Trinajstić information content (AvgIpc) is 2.48. The van der Waals surface area contributed by atoms with Crippen molar-refractivity contribution in [3.63, 3.8) is 0 Å². The molecule has 0 bridgehead atoms. The number of hydrogen-bond donors (Lipinski definition) is 1. The van der Waals surface area contributed by atoms with Crippen molar-refractivity contribution in [3.05, 3.63) is 62.7 Å². The van der Waals surface area contributed by atoms with Crippen LogP contribution in [0.5, 0.6) is 5.75 Å². The van der Waals surface area contributed by atoms with Crippen molar-refractivity contribution in [3.8, 4) is 5.75 Å². The molecule has 6 nitrogen and oxygen atoms in total. The third-order valence-electron chi connectivity index (χ3n) is 3.19. The van der Waals surface area contributed by atoms with Crippen molar-refractivity contribution < 1.29 is 14.5 Å². The van der Waals surface area contributed by atoms with E-state index in [9.17, 15) is 14.9 Å². The van der Waals surface area contributed by atoms with Crippen LogP contribution in [0.3, 0.4) is 0 Å². The summed E-state index contributed by atoms with van der Waals surface area (Å²) in [5.41, 5.74) is 2.03. The summed E-state index contributed by atoms with van der Waals surface area (Å²) in [4.78, 5) is 22.0. The highest BCUT2D eigenvalue weighted by Gasteiger charge is 2.12. The van der Waals surface area contributed by atoms with Gasteiger partial charge < -0.3 is 10.1 Å². The van der Waals surface area contributed by atoms with Gasteiger partial charge in [-0.1, -0.05) is 29.8 Å². The normalized spacial score (nSPS) is 10.2. The Balaban J connectivity index is 2.01. The Bertz CT molecular complexity index is 741. The molecule has 0 radical (unpaired) electrons. The van der Waals surface area contributed by atoms with Gasteiger partial charge in [-0.05, 0) is 31.0 Å². The second-order valence-corrected chi connectivity index (χ2v) is 5.39. The number of ether oxygens (including phenoxy) is 1. The summed E-state index contributed by atoms with van der Waals surface area (Å²) in [6, 6.07) is 9.55. The van der Waals surface area contributed by atoms with Crippen LogP contribution in [-0.4, -0.2) is 17.4 Å². The number of carbonyl (C=O) groups is 1. The number of anilines is 1. The van der Waals surface area contributed by atoms with E-state index in [1.54, 1.807) is 0 Å². The van der Waals surface area contributed by atoms with Crippen molar-refractivity contribution in [1.29, 1.82) is 0 Å². The summed E-state index contributed by atoms with van der Waals surface area (Å²) in [6.07, 6.45) is 0. The van der Waals surface area contributed by atoms with Crippen LogP contribution in [0.15, 0.2) is 36.4 Å². The maximum Gasteiger partial charge on any atom is 0.271 e. The number of halogens is 1. The number of carbonyl (C=O) groups excluding carboxylic acids is 1. The highest BCUT2D eigenvalue weighted by molar-refractivity contribution is 6.34. The van der Waals surface area contributed by atoms with Crippen LogP contribution in [0.4, 0.5) is 11.4 Å². The quantitative estimate of drug-likeness (QED) is 0.664. The van der Waals surface area contributed by atoms with Crippen molar-refractivity contribution in [1.82, 2.24) is 0 Å². The second-order valence-electron chi connectivity index (χ2n) is 4.98. The number of non-ortho nitro benzene ring substituents is 1. The molecule has 0 heterocycles. The number of nitro groups is 1. The summed E-state index contributed by atoms with van der Waals surface area (Å²) in [6.45, 7) is 3.61. The first kappa shape index (κ1) is 16.8. The lowest BCUT2D eigenvalue weighted by Gasteiger charge is -2.12. The van der Waals surface area contributed by atoms with Gasteiger partial charge >= 0.3 is 0 Å². The standard InChI is InChI=1S/C16H15ClN2O4/c1-10-4-3-5-11(2)16(10)23-9-15(20)18-14-7-6-12(19(21)22)8-13(14)17/h3-8H,9H2,1-2H3,(H,18,20). The van der Waals surface area contributed by atoms with Gasteiger partial charge in [-0.15, -0.1) is 0 Å². The minimum Gasteiger partial charge on any atom is -0.483 e. The zero-order valence-corrected chi connectivity index (χ0v) is 13.4. The van der Waals surface area contributed by atoms with Gasteiger partial charge in [0.2, 0.25) is 0 Å². The molecular formula is C16H15ClN2O4. The van der Waals surface area contributed by atoms with Gasteiger partial charge in [0.1, 0.15) is 5.75 Å². The molecule has 0 aliphatic heterocycles. The molecule has 2 rings (SSSR count). The molecule has 0 atom stereocenters. The van der Waals surface area contributed by atoms with Crippen LogP contribution in [0, 0.1) is 24.0 Å². The number of amides is 1. The Morgan fingerprint density at radius 2 is 1.91 bits per heavy atom. The zero-order chi connectivity index (χ0) is 17.0. The van der Waals surface area contributed by atoms with Gasteiger partial charge in [-0.2, -0.15) is 0 Å². The molecule has 0 saturated heterocycles. The summed E-state index contributed by atoms with van der Waals surface area (Å²) in [5.74, 6) is 0.265. The van der Waals surface area contributed by atoms with E-state index >= 15 is 0 Å². The second kappa shape index (κ2) is 7.11. The first-order valence-electron chi connectivity index (χ1n) is 6.81. The molecule has 0 aliphatic carbocycles. The molecule has 23 heavy (non-hydrogen) atoms. The van der Waals surface area contributed by atoms with E-state index < -0.39 is 10.8 Å². The topological polar surface area (TPSA) is 81.5 Å². The third kappa shape index (κ3) is 4.20. The Morgan fingerprint density at radius 3 is 2.48 bits per heavy atom. The highest BCUT2D eigenvalue weighted by Crippen LogP contribution is 2.27. The van der Waals surface area contributed by atoms with E-state index in [1.165, 1.54) is 18.2 Å². The fourth-order valence-corrected chi connectivity index (χ4v) is 2.29. The van der Waals surface area contributed by atoms with Gasteiger partial charge in [0.05, 0.1) is 15.6 Å². The number of benzene rings is 2. The maximum absolute atomic E-state index is 12.0. The lowest BCUT2D eigenvalue weighted by atomic mass is 10.1. The minimum atomic E-state index is -0.554. The van der Waals surface area contributed by atoms with E-state index in [1.807, 2.05) is 32.0 Å². The molecule has 0 aliphatic rings. The summed E-state index contributed by atoms with van der Waals surface area (Å²) < 4.78 is 5.54. The summed E-state index contributed by atoms with van der Waals surface area (Å²) in [5, 5.41) is 13.3. The van der Waals surface area contributed by atoms with Gasteiger partial charge in [0, 0.05) is 12.1 Å². The molecule has 2 aromatic rings. The summed E-state index contributed by atoms with van der Waals surface area (Å²) >= 11 is 5.93. The third-order valence-corrected chi connectivity index (χ3v) is 3.51. The largest absolute Gasteiger partial charge is 0.483 e. The Morgan fingerprint density at radius 1 is 1.26 bits per heavy atom. The predicted octanol–water partition coefficient (Wildman–Crippen LogP) is 3.88. The molecule has 0 spiro atoms. The van der Waals surface area contributed by atoms with Crippen molar-refractivity contribution in [2.24, 2.45) is 0 Å². The first-order chi connectivity index (χ1) is 10.9. The Hall–Kier alpha value is -2.60. The molecule has 0 fully saturated rings. The molecular weight excluding hydrogens is 320 g/mol. The molecule has 2 aromatic carbocycles. The van der Waals surface area contributed by atoms with E-state index in [-0.39, 0.29) is 17.3 Å². The molecule has 1 N–H and O–H groups in total. The van der Waals surface area contributed by atoms with Gasteiger partial charge in [-0.3, -0.25) is 14.9 Å². The monoisotopic (exact) mass is 334 g/mol. The molecule has 120 valence electrons. The Kier molecular flexibility index (Phi) is 5.18. The van der Waals surface area contributed by atoms with Crippen LogP contribution >= 0.6 is 11.6 Å². The number of rotatable bonds is 5. The molecule has 0 saturated carbocycles. The van der Waals surface area contributed by atoms with Crippen LogP contribution in [0.2, 0.25) is 5.02 Å². The first-order valence-corrected chi connectivity index (χ1v) is 7.19. The molecule has 1 amide bonds.